The summed E-state index contributed by atoms with van der Waals surface area (Å²) >= 11 is 0. The third-order valence-electron chi connectivity index (χ3n) is 16.2. The predicted molar refractivity (Wildman–Crippen MR) is 323 cm³/mol. The Morgan fingerprint density at radius 3 is 2.06 bits per heavy atom. The van der Waals surface area contributed by atoms with Crippen LogP contribution in [0.1, 0.15) is 51.5 Å². The van der Waals surface area contributed by atoms with Crippen LogP contribution in [0.15, 0.2) is 103 Å². The Balaban J connectivity index is 0.000000249. The van der Waals surface area contributed by atoms with Crippen LogP contribution in [0.3, 0.4) is 0 Å². The fourth-order valence-corrected chi connectivity index (χ4v) is 11.3. The molecule has 4 aromatic carbocycles. The second-order valence-electron chi connectivity index (χ2n) is 21.0. The number of piperazine rings is 2. The molecule has 0 radical (unpaired) electrons. The molecular formula is C61H76N14O7. The van der Waals surface area contributed by atoms with E-state index in [9.17, 15) is 19.2 Å². The fourth-order valence-electron chi connectivity index (χ4n) is 11.3. The van der Waals surface area contributed by atoms with Crippen LogP contribution in [0.5, 0.6) is 5.88 Å². The lowest BCUT2D eigenvalue weighted by molar-refractivity contribution is -0.123. The number of urea groups is 2. The van der Waals surface area contributed by atoms with Crippen LogP contribution in [0.25, 0.3) is 22.0 Å². The molecule has 7 heterocycles. The first-order valence-electron chi connectivity index (χ1n) is 28.5. The van der Waals surface area contributed by atoms with Gasteiger partial charge in [0.2, 0.25) is 17.7 Å². The highest BCUT2D eigenvalue weighted by Gasteiger charge is 2.29. The number of nitrogens with one attached hydrogen (secondary N) is 4. The average Bonchev–Trinajstić information content (AvgIpc) is 3.64. The summed E-state index contributed by atoms with van der Waals surface area (Å²) in [5.74, 6) is 1.02. The van der Waals surface area contributed by atoms with Gasteiger partial charge in [-0.25, -0.2) is 24.5 Å². The number of anilines is 8. The van der Waals surface area contributed by atoms with Crippen molar-refractivity contribution in [1.29, 1.82) is 0 Å². The van der Waals surface area contributed by atoms with Crippen molar-refractivity contribution in [3.8, 4) is 17.0 Å². The highest BCUT2D eigenvalue weighted by molar-refractivity contribution is 6.05. The zero-order chi connectivity index (χ0) is 57.5. The van der Waals surface area contributed by atoms with Gasteiger partial charge < -0.3 is 45.3 Å². The van der Waals surface area contributed by atoms with Crippen molar-refractivity contribution >= 4 is 87.4 Å². The van der Waals surface area contributed by atoms with Gasteiger partial charge in [-0.15, -0.1) is 0 Å². The van der Waals surface area contributed by atoms with Crippen molar-refractivity contribution in [2.45, 2.75) is 65.0 Å². The molecule has 6 aromatic rings. The number of nitrogens with zero attached hydrogens (tertiary/aromatic N) is 10. The summed E-state index contributed by atoms with van der Waals surface area (Å²) in [5.41, 5.74) is 11.2. The molecule has 5 aliphatic heterocycles. The molecule has 0 saturated carbocycles. The second kappa shape index (κ2) is 27.7. The number of fused-ring (bicyclic) bond motifs is 2. The van der Waals surface area contributed by atoms with Gasteiger partial charge in [-0.2, -0.15) is 0 Å². The number of aldehydes is 1. The highest BCUT2D eigenvalue weighted by Crippen LogP contribution is 2.36. The van der Waals surface area contributed by atoms with Gasteiger partial charge in [0.15, 0.2) is 0 Å². The molecule has 0 spiro atoms. The maximum absolute atomic E-state index is 12.3. The molecule has 21 heteroatoms. The van der Waals surface area contributed by atoms with Crippen LogP contribution < -0.4 is 50.5 Å². The number of aromatic nitrogens is 3. The molecule has 0 bridgehead atoms. The quantitative estimate of drug-likeness (QED) is 0.0656. The van der Waals surface area contributed by atoms with Crippen molar-refractivity contribution in [3.05, 3.63) is 109 Å². The van der Waals surface area contributed by atoms with Crippen molar-refractivity contribution in [2.24, 2.45) is 0 Å². The lowest BCUT2D eigenvalue weighted by Gasteiger charge is -2.44. The van der Waals surface area contributed by atoms with Crippen LogP contribution in [0.2, 0.25) is 0 Å². The Morgan fingerprint density at radius 1 is 0.805 bits per heavy atom. The van der Waals surface area contributed by atoms with E-state index >= 15 is 0 Å². The van der Waals surface area contributed by atoms with E-state index in [2.05, 4.69) is 143 Å². The third kappa shape index (κ3) is 14.1. The van der Waals surface area contributed by atoms with Gasteiger partial charge in [0.05, 0.1) is 5.52 Å². The molecule has 1 unspecified atom stereocenters. The summed E-state index contributed by atoms with van der Waals surface area (Å²) in [6, 6.07) is 31.7. The monoisotopic (exact) mass is 1120 g/mol. The van der Waals surface area contributed by atoms with Crippen molar-refractivity contribution in [1.82, 2.24) is 35.4 Å². The minimum Gasteiger partial charge on any atom is -0.483 e. The third-order valence-corrected chi connectivity index (χ3v) is 16.2. The molecule has 4 fully saturated rings. The molecule has 0 aliphatic carbocycles. The Labute approximate surface area is 479 Å². The molecule has 5 aliphatic rings. The van der Waals surface area contributed by atoms with Crippen LogP contribution in [-0.2, 0) is 14.4 Å². The van der Waals surface area contributed by atoms with E-state index in [0.29, 0.717) is 56.5 Å². The van der Waals surface area contributed by atoms with E-state index in [0.717, 1.165) is 147 Å². The Hall–Kier alpha value is -8.56. The van der Waals surface area contributed by atoms with Gasteiger partial charge in [-0.05, 0) is 123 Å². The maximum atomic E-state index is 12.3. The van der Waals surface area contributed by atoms with Gasteiger partial charge in [-0.3, -0.25) is 34.5 Å². The topological polar surface area (TPSA) is 224 Å². The number of ether oxygens (including phenoxy) is 1. The zero-order valence-electron chi connectivity index (χ0n) is 47.4. The van der Waals surface area contributed by atoms with Crippen molar-refractivity contribution in [3.63, 3.8) is 0 Å². The van der Waals surface area contributed by atoms with E-state index in [1.165, 1.54) is 17.8 Å². The van der Waals surface area contributed by atoms with E-state index in [1.807, 2.05) is 36.7 Å². The lowest BCUT2D eigenvalue weighted by atomic mass is 10.00. The van der Waals surface area contributed by atoms with Crippen molar-refractivity contribution in [2.75, 3.05) is 134 Å². The average molecular weight is 1120 g/mol. The minimum absolute atomic E-state index is 0.202. The number of hydrogen-bond donors (Lipinski definition) is 5. The minimum atomic E-state index is -0.332. The van der Waals surface area contributed by atoms with Crippen LogP contribution in [0.4, 0.5) is 55.3 Å². The number of hydrogen-bond acceptors (Lipinski definition) is 16. The van der Waals surface area contributed by atoms with E-state index in [4.69, 9.17) is 19.6 Å². The SMILES string of the molecule is CCC(C)N1CCN(c2ccc(N3CCC(=O)NC3=O)cc2)CC1.CNC(=O)N(CCC=O)c1ccc(N2CCN(C3CCN(c4ccc(Nc5ncc6ccc(-c7cnc8c(c7C)NCCO8)cc6n5)cc4)CC3)CC2)cc1.O=CO. The zero-order valence-corrected chi connectivity index (χ0v) is 47.4. The first-order valence-corrected chi connectivity index (χ1v) is 28.5. The molecule has 5 amide bonds. The van der Waals surface area contributed by atoms with Crippen LogP contribution in [0, 0.1) is 6.92 Å². The van der Waals surface area contributed by atoms with Gasteiger partial charge in [0.1, 0.15) is 18.6 Å². The molecule has 5 N–H and O–H groups in total. The molecule has 11 rings (SSSR count). The Kier molecular flexibility index (Phi) is 19.7. The number of benzene rings is 4. The second-order valence-corrected chi connectivity index (χ2v) is 21.0. The van der Waals surface area contributed by atoms with Crippen molar-refractivity contribution < 1.29 is 33.8 Å². The number of rotatable bonds is 14. The predicted octanol–water partition coefficient (Wildman–Crippen LogP) is 7.83. The summed E-state index contributed by atoms with van der Waals surface area (Å²) in [7, 11) is 1.60. The number of carboxylic acid groups (broad SMARTS) is 1. The normalized spacial score (nSPS) is 17.1. The summed E-state index contributed by atoms with van der Waals surface area (Å²) in [6.07, 6.45) is 8.71. The summed E-state index contributed by atoms with van der Waals surface area (Å²) in [4.78, 5) is 84.5. The van der Waals surface area contributed by atoms with Gasteiger partial charge in [-0.1, -0.05) is 19.1 Å². The number of pyridine rings is 1. The lowest BCUT2D eigenvalue weighted by Crippen LogP contribution is -2.53. The molecule has 21 nitrogen and oxygen atoms in total. The Morgan fingerprint density at radius 2 is 1.43 bits per heavy atom. The number of carbonyl (C=O) groups is 5. The summed E-state index contributed by atoms with van der Waals surface area (Å²) in [6.45, 7) is 18.9. The highest BCUT2D eigenvalue weighted by atomic mass is 16.5. The number of piperidine rings is 1. The van der Waals surface area contributed by atoms with Gasteiger partial charge >= 0.3 is 12.1 Å². The molecule has 432 valence electrons. The standard InChI is InChI=1S/C42H48N10O3.C18H26N4O2.CH2O2/c1-29-37(28-45-40-39(29)44-16-25-55-40)30-4-5-31-27-46-41(48-38(31)26-30)47-32-6-8-33(9-7-32)49-18-14-35(15-19-49)51-22-20-50(21-23-51)34-10-12-36(13-11-34)52(17-3-24-53)42(54)43-2;1-3-14(2)20-10-12-21(13-11-20)15-4-6-16(7-5-15)22-9-8-17(23)19-18(22)24;2-1-3/h4-13,24,26-28,35,44H,3,14-23,25H2,1-2H3,(H,43,54)(H,46,47,48);4-7,14H,3,8-13H2,1-2H3,(H,19,23,24);1H,(H,2,3). The first kappa shape index (κ1) is 58.1. The molecule has 82 heavy (non-hydrogen) atoms. The maximum Gasteiger partial charge on any atom is 0.328 e. The van der Waals surface area contributed by atoms with Crippen LogP contribution >= 0.6 is 0 Å². The van der Waals surface area contributed by atoms with E-state index < -0.39 is 0 Å². The van der Waals surface area contributed by atoms with E-state index in [-0.39, 0.29) is 24.4 Å². The number of amides is 5. The first-order chi connectivity index (χ1) is 40.0. The number of carbonyl (C=O) groups excluding carboxylic acids is 4. The Bertz CT molecular complexity index is 3130. The van der Waals surface area contributed by atoms with Gasteiger partial charge in [0.25, 0.3) is 6.47 Å². The van der Waals surface area contributed by atoms with Gasteiger partial charge in [0, 0.05) is 175 Å². The molecular weight excluding hydrogens is 1040 g/mol. The largest absolute Gasteiger partial charge is 0.483 e. The number of imide groups is 1. The fraction of sp³-hybridized carbons (Fsp3) is 0.410. The summed E-state index contributed by atoms with van der Waals surface area (Å²) < 4.78 is 5.72. The molecule has 2 aromatic heterocycles. The molecule has 4 saturated heterocycles. The summed E-state index contributed by atoms with van der Waals surface area (Å²) in [5, 5.41) is 19.7. The smallest absolute Gasteiger partial charge is 0.328 e. The van der Waals surface area contributed by atoms with E-state index in [1.54, 1.807) is 16.8 Å². The van der Waals surface area contributed by atoms with Crippen LogP contribution in [-0.4, -0.2) is 171 Å². The molecule has 1 atom stereocenters.